The van der Waals surface area contributed by atoms with Crippen molar-refractivity contribution < 1.29 is 19.2 Å². The van der Waals surface area contributed by atoms with E-state index in [9.17, 15) is 9.90 Å². The van der Waals surface area contributed by atoms with E-state index in [-0.39, 0.29) is 18.2 Å². The molecule has 0 radical (unpaired) electrons. The third-order valence-corrected chi connectivity index (χ3v) is 4.42. The van der Waals surface area contributed by atoms with Crippen LogP contribution in [-0.2, 0) is 11.3 Å². The monoisotopic (exact) mass is 405 g/mol. The number of nitrogens with one attached hydrogen (secondary N) is 2. The molecule has 1 amide bonds. The first-order valence-corrected chi connectivity index (χ1v) is 9.62. The van der Waals surface area contributed by atoms with Gasteiger partial charge in [-0.25, -0.2) is 5.43 Å². The molecule has 0 saturated carbocycles. The largest absolute Gasteiger partial charge is 0.507 e. The van der Waals surface area contributed by atoms with E-state index in [2.05, 4.69) is 15.8 Å². The maximum Gasteiger partial charge on any atom is 0.305 e. The number of pyridine rings is 1. The first-order chi connectivity index (χ1) is 14.7. The zero-order valence-electron chi connectivity index (χ0n) is 16.8. The van der Waals surface area contributed by atoms with E-state index in [1.165, 1.54) is 0 Å². The molecule has 0 aliphatic rings. The van der Waals surface area contributed by atoms with E-state index >= 15 is 0 Å². The van der Waals surface area contributed by atoms with Crippen LogP contribution < -0.4 is 20.0 Å². The Kier molecular flexibility index (Phi) is 7.38. The summed E-state index contributed by atoms with van der Waals surface area (Å²) in [5.41, 5.74) is 4.60. The van der Waals surface area contributed by atoms with Crippen LogP contribution in [0.2, 0.25) is 0 Å². The molecule has 0 unspecified atom stereocenters. The second-order valence-electron chi connectivity index (χ2n) is 6.54. The molecule has 1 aromatic heterocycles. The summed E-state index contributed by atoms with van der Waals surface area (Å²) in [7, 11) is 1.62. The number of rotatable bonds is 9. The summed E-state index contributed by atoms with van der Waals surface area (Å²) in [4.78, 5) is 12.3. The number of amides is 1. The number of carbonyl (C=O) groups is 1. The van der Waals surface area contributed by atoms with Gasteiger partial charge in [0.2, 0.25) is 6.54 Å². The number of hydrogen-bond acceptors (Lipinski definition) is 5. The fourth-order valence-electron chi connectivity index (χ4n) is 2.95. The highest BCUT2D eigenvalue weighted by molar-refractivity contribution is 6.03. The Hall–Kier alpha value is -3.87. The van der Waals surface area contributed by atoms with Crippen LogP contribution in [0, 0.1) is 0 Å². The van der Waals surface area contributed by atoms with Crippen molar-refractivity contribution >= 4 is 17.3 Å². The number of aromatic nitrogens is 1. The molecule has 1 heterocycles. The van der Waals surface area contributed by atoms with Gasteiger partial charge in [-0.15, -0.1) is 0 Å². The lowest BCUT2D eigenvalue weighted by Gasteiger charge is -2.13. The number of nitrogens with zero attached hydrogens (tertiary/aromatic N) is 2. The molecule has 0 spiro atoms. The van der Waals surface area contributed by atoms with Crippen molar-refractivity contribution in [3.05, 3.63) is 84.7 Å². The predicted octanol–water partition coefficient (Wildman–Crippen LogP) is 2.71. The molecular formula is C23H25N4O3+. The highest BCUT2D eigenvalue weighted by Crippen LogP contribution is 2.23. The van der Waals surface area contributed by atoms with Crippen molar-refractivity contribution in [1.82, 2.24) is 5.43 Å². The first-order valence-electron chi connectivity index (χ1n) is 9.62. The fraction of sp³-hybridized carbons (Fsp3) is 0.174. The topological polar surface area (TPSA) is 86.8 Å². The van der Waals surface area contributed by atoms with Gasteiger partial charge in [0.05, 0.1) is 18.5 Å². The van der Waals surface area contributed by atoms with Gasteiger partial charge in [-0.05, 0) is 24.3 Å². The van der Waals surface area contributed by atoms with Crippen LogP contribution in [0.3, 0.4) is 0 Å². The summed E-state index contributed by atoms with van der Waals surface area (Å²) >= 11 is 0. The van der Waals surface area contributed by atoms with Crippen LogP contribution in [0.5, 0.6) is 11.5 Å². The van der Waals surface area contributed by atoms with Gasteiger partial charge >= 0.3 is 5.91 Å². The smallest absolute Gasteiger partial charge is 0.305 e. The summed E-state index contributed by atoms with van der Waals surface area (Å²) < 4.78 is 7.11. The molecule has 0 atom stereocenters. The van der Waals surface area contributed by atoms with Crippen LogP contribution in [0.25, 0.3) is 0 Å². The SMILES string of the molecule is COc1ccccc1NCC/C(=N/NC(=O)C[n+]1ccccc1)c1ccccc1O. The van der Waals surface area contributed by atoms with Gasteiger partial charge in [-0.2, -0.15) is 9.67 Å². The maximum atomic E-state index is 12.3. The van der Waals surface area contributed by atoms with E-state index in [1.807, 2.05) is 60.9 Å². The van der Waals surface area contributed by atoms with Crippen molar-refractivity contribution in [3.8, 4) is 11.5 Å². The van der Waals surface area contributed by atoms with Crippen molar-refractivity contribution in [2.75, 3.05) is 19.0 Å². The van der Waals surface area contributed by atoms with Crippen molar-refractivity contribution in [1.29, 1.82) is 0 Å². The average molecular weight is 405 g/mol. The molecule has 0 aliphatic heterocycles. The van der Waals surface area contributed by atoms with Crippen LogP contribution in [0.15, 0.2) is 84.2 Å². The summed E-state index contributed by atoms with van der Waals surface area (Å²) in [6.45, 7) is 0.689. The lowest BCUT2D eigenvalue weighted by molar-refractivity contribution is -0.684. The molecule has 3 N–H and O–H groups in total. The third-order valence-electron chi connectivity index (χ3n) is 4.42. The minimum atomic E-state index is -0.253. The Labute approximate surface area is 175 Å². The van der Waals surface area contributed by atoms with Gasteiger partial charge < -0.3 is 15.2 Å². The van der Waals surface area contributed by atoms with Gasteiger partial charge in [0.1, 0.15) is 11.5 Å². The Balaban J connectivity index is 1.69. The number of phenols is 1. The van der Waals surface area contributed by atoms with Gasteiger partial charge in [-0.3, -0.25) is 4.79 Å². The average Bonchev–Trinajstić information content (AvgIpc) is 2.77. The van der Waals surface area contributed by atoms with E-state index in [0.717, 1.165) is 11.4 Å². The standard InChI is InChI=1S/C23H24N4O3/c1-30-22-12-6-4-10-20(22)24-14-13-19(18-9-3-5-11-21(18)28)25-26-23(29)17-27-15-7-2-8-16-27/h2-12,15-16,24H,13-14,17H2,1H3,(H-,25,26,28,29)/p+1. The summed E-state index contributed by atoms with van der Waals surface area (Å²) in [6.07, 6.45) is 4.10. The minimum absolute atomic E-state index is 0.111. The van der Waals surface area contributed by atoms with E-state index in [0.29, 0.717) is 24.2 Å². The zero-order valence-corrected chi connectivity index (χ0v) is 16.8. The lowest BCUT2D eigenvalue weighted by Crippen LogP contribution is -2.41. The normalized spacial score (nSPS) is 11.0. The maximum absolute atomic E-state index is 12.3. The minimum Gasteiger partial charge on any atom is -0.507 e. The van der Waals surface area contributed by atoms with Crippen molar-refractivity contribution in [2.24, 2.45) is 5.10 Å². The Morgan fingerprint density at radius 1 is 1.03 bits per heavy atom. The molecule has 0 aliphatic carbocycles. The molecule has 0 bridgehead atoms. The zero-order chi connectivity index (χ0) is 21.2. The Morgan fingerprint density at radius 2 is 1.77 bits per heavy atom. The number of hydrazone groups is 1. The number of hydrogen-bond donors (Lipinski definition) is 3. The van der Waals surface area contributed by atoms with Crippen LogP contribution in [0.1, 0.15) is 12.0 Å². The quantitative estimate of drug-likeness (QED) is 0.290. The molecule has 30 heavy (non-hydrogen) atoms. The Morgan fingerprint density at radius 3 is 2.53 bits per heavy atom. The molecule has 0 fully saturated rings. The second-order valence-corrected chi connectivity index (χ2v) is 6.54. The summed E-state index contributed by atoms with van der Waals surface area (Å²) in [5.74, 6) is 0.601. The van der Waals surface area contributed by atoms with Crippen molar-refractivity contribution in [2.45, 2.75) is 13.0 Å². The first kappa shape index (κ1) is 20.9. The summed E-state index contributed by atoms with van der Waals surface area (Å²) in [5, 5.41) is 17.8. The molecule has 7 nitrogen and oxygen atoms in total. The lowest BCUT2D eigenvalue weighted by atomic mass is 10.1. The number of ether oxygens (including phenoxy) is 1. The number of aromatic hydroxyl groups is 1. The molecule has 2 aromatic carbocycles. The second kappa shape index (κ2) is 10.6. The predicted molar refractivity (Wildman–Crippen MR) is 116 cm³/mol. The van der Waals surface area contributed by atoms with Gasteiger partial charge in [0.15, 0.2) is 12.4 Å². The number of carbonyl (C=O) groups excluding carboxylic acids is 1. The number of para-hydroxylation sites is 3. The molecule has 7 heteroatoms. The number of phenolic OH excluding ortho intramolecular Hbond substituents is 1. The van der Waals surface area contributed by atoms with Crippen LogP contribution >= 0.6 is 0 Å². The van der Waals surface area contributed by atoms with Crippen LogP contribution in [-0.4, -0.2) is 30.4 Å². The molecule has 0 saturated heterocycles. The fourth-order valence-corrected chi connectivity index (χ4v) is 2.95. The van der Waals surface area contributed by atoms with Gasteiger partial charge in [0, 0.05) is 30.7 Å². The molecule has 3 aromatic rings. The van der Waals surface area contributed by atoms with E-state index in [1.54, 1.807) is 29.9 Å². The van der Waals surface area contributed by atoms with Crippen LogP contribution in [0.4, 0.5) is 5.69 Å². The van der Waals surface area contributed by atoms with E-state index in [4.69, 9.17) is 4.74 Å². The van der Waals surface area contributed by atoms with Crippen molar-refractivity contribution in [3.63, 3.8) is 0 Å². The van der Waals surface area contributed by atoms with Gasteiger partial charge in [-0.1, -0.05) is 30.3 Å². The van der Waals surface area contributed by atoms with E-state index < -0.39 is 0 Å². The number of benzene rings is 2. The van der Waals surface area contributed by atoms with Gasteiger partial charge in [0.25, 0.3) is 0 Å². The number of methoxy groups -OCH3 is 1. The highest BCUT2D eigenvalue weighted by Gasteiger charge is 2.12. The molecule has 154 valence electrons. The highest BCUT2D eigenvalue weighted by atomic mass is 16.5. The molecule has 3 rings (SSSR count). The Bertz CT molecular complexity index is 1010. The molecular weight excluding hydrogens is 380 g/mol. The summed E-state index contributed by atoms with van der Waals surface area (Å²) in [6, 6.07) is 20.2. The third kappa shape index (κ3) is 5.81. The number of anilines is 1.